The Morgan fingerprint density at radius 3 is 2.83 bits per heavy atom. The van der Waals surface area contributed by atoms with Gasteiger partial charge >= 0.3 is 5.97 Å². The van der Waals surface area contributed by atoms with Gasteiger partial charge in [-0.1, -0.05) is 6.07 Å². The van der Waals surface area contributed by atoms with Crippen molar-refractivity contribution in [3.05, 3.63) is 40.8 Å². The fourth-order valence-electron chi connectivity index (χ4n) is 1.88. The van der Waals surface area contributed by atoms with Crippen LogP contribution in [-0.2, 0) is 0 Å². The van der Waals surface area contributed by atoms with Crippen molar-refractivity contribution in [2.24, 2.45) is 0 Å². The van der Waals surface area contributed by atoms with Crippen LogP contribution in [0.15, 0.2) is 30.3 Å². The fourth-order valence-corrected chi connectivity index (χ4v) is 2.70. The number of nitrogens with one attached hydrogen (secondary N) is 1. The van der Waals surface area contributed by atoms with E-state index >= 15 is 0 Å². The van der Waals surface area contributed by atoms with Crippen LogP contribution in [0.2, 0.25) is 0 Å². The molecule has 0 amide bonds. The Bertz CT molecular complexity index is 742. The summed E-state index contributed by atoms with van der Waals surface area (Å²) in [5, 5.41) is 9.12. The van der Waals surface area contributed by atoms with Gasteiger partial charge in [-0.05, 0) is 31.2 Å². The summed E-state index contributed by atoms with van der Waals surface area (Å²) in [4.78, 5) is 20.9. The lowest BCUT2D eigenvalue weighted by Gasteiger charge is -1.93. The molecule has 0 aliphatic heterocycles. The summed E-state index contributed by atoms with van der Waals surface area (Å²) in [6, 6.07) is 9.12. The number of para-hydroxylation sites is 1. The maximum Gasteiger partial charge on any atom is 0.337 e. The summed E-state index contributed by atoms with van der Waals surface area (Å²) < 4.78 is 0. The molecule has 0 spiro atoms. The van der Waals surface area contributed by atoms with Crippen LogP contribution in [0, 0.1) is 6.92 Å². The van der Waals surface area contributed by atoms with E-state index in [0.29, 0.717) is 5.52 Å². The maximum atomic E-state index is 11.1. The Balaban J connectivity index is 2.22. The number of thiophene rings is 1. The highest BCUT2D eigenvalue weighted by molar-refractivity contribution is 7.15. The monoisotopic (exact) mass is 258 g/mol. The number of rotatable bonds is 2. The van der Waals surface area contributed by atoms with E-state index in [1.165, 1.54) is 4.88 Å². The van der Waals surface area contributed by atoms with Gasteiger partial charge in [0.2, 0.25) is 0 Å². The van der Waals surface area contributed by atoms with Crippen molar-refractivity contribution in [3.8, 4) is 10.7 Å². The molecule has 2 N–H and O–H groups in total. The molecule has 0 aliphatic rings. The summed E-state index contributed by atoms with van der Waals surface area (Å²) in [5.41, 5.74) is 1.48. The summed E-state index contributed by atoms with van der Waals surface area (Å²) in [6.45, 7) is 2.03. The standard InChI is InChI=1S/C13H10N2O2S/c1-7-5-6-10(18-7)12-14-9-4-2-3-8(13(16)17)11(9)15-12/h2-6H,1H3,(H,14,15)(H,16,17). The van der Waals surface area contributed by atoms with E-state index in [2.05, 4.69) is 9.97 Å². The minimum absolute atomic E-state index is 0.225. The third-order valence-electron chi connectivity index (χ3n) is 2.72. The number of H-pyrrole nitrogens is 1. The highest BCUT2D eigenvalue weighted by Gasteiger charge is 2.13. The molecule has 90 valence electrons. The van der Waals surface area contributed by atoms with Gasteiger partial charge < -0.3 is 10.1 Å². The molecule has 4 nitrogen and oxygen atoms in total. The first-order valence-corrected chi connectivity index (χ1v) is 6.25. The molecule has 3 aromatic rings. The van der Waals surface area contributed by atoms with Gasteiger partial charge in [0.05, 0.1) is 16.0 Å². The van der Waals surface area contributed by atoms with Crippen molar-refractivity contribution in [1.82, 2.24) is 9.97 Å². The van der Waals surface area contributed by atoms with Gasteiger partial charge in [-0.3, -0.25) is 0 Å². The lowest BCUT2D eigenvalue weighted by atomic mass is 10.2. The number of hydrogen-bond donors (Lipinski definition) is 2. The number of nitrogens with zero attached hydrogens (tertiary/aromatic N) is 1. The number of aromatic amines is 1. The molecule has 0 bridgehead atoms. The van der Waals surface area contributed by atoms with Crippen molar-refractivity contribution in [2.45, 2.75) is 6.92 Å². The predicted molar refractivity (Wildman–Crippen MR) is 71.1 cm³/mol. The van der Waals surface area contributed by atoms with E-state index in [1.54, 1.807) is 23.5 Å². The van der Waals surface area contributed by atoms with Crippen LogP contribution in [0.3, 0.4) is 0 Å². The van der Waals surface area contributed by atoms with E-state index in [9.17, 15) is 4.79 Å². The van der Waals surface area contributed by atoms with E-state index < -0.39 is 5.97 Å². The summed E-state index contributed by atoms with van der Waals surface area (Å²) in [6.07, 6.45) is 0. The highest BCUT2D eigenvalue weighted by Crippen LogP contribution is 2.28. The number of fused-ring (bicyclic) bond motifs is 1. The number of imidazole rings is 1. The van der Waals surface area contributed by atoms with Gasteiger partial charge in [0.25, 0.3) is 0 Å². The largest absolute Gasteiger partial charge is 0.478 e. The SMILES string of the molecule is Cc1ccc(-c2nc3c(C(=O)O)cccc3[nH]2)s1. The molecule has 0 radical (unpaired) electrons. The zero-order valence-corrected chi connectivity index (χ0v) is 10.4. The van der Waals surface area contributed by atoms with Gasteiger partial charge in [-0.25, -0.2) is 9.78 Å². The molecule has 18 heavy (non-hydrogen) atoms. The average molecular weight is 258 g/mol. The van der Waals surface area contributed by atoms with Crippen LogP contribution in [0.25, 0.3) is 21.7 Å². The molecule has 3 rings (SSSR count). The summed E-state index contributed by atoms with van der Waals surface area (Å²) >= 11 is 1.63. The van der Waals surface area contributed by atoms with E-state index in [1.807, 2.05) is 25.1 Å². The number of carboxylic acid groups (broad SMARTS) is 1. The molecular weight excluding hydrogens is 248 g/mol. The van der Waals surface area contributed by atoms with E-state index in [4.69, 9.17) is 5.11 Å². The second-order valence-corrected chi connectivity index (χ2v) is 5.29. The molecule has 0 saturated carbocycles. The molecule has 0 saturated heterocycles. The average Bonchev–Trinajstić information content (AvgIpc) is 2.93. The zero-order chi connectivity index (χ0) is 12.7. The molecule has 0 unspecified atom stereocenters. The number of hydrogen-bond acceptors (Lipinski definition) is 3. The quantitative estimate of drug-likeness (QED) is 0.741. The van der Waals surface area contributed by atoms with Gasteiger partial charge in [-0.2, -0.15) is 0 Å². The number of aromatic nitrogens is 2. The molecule has 0 aliphatic carbocycles. The van der Waals surface area contributed by atoms with Crippen molar-refractivity contribution in [2.75, 3.05) is 0 Å². The second kappa shape index (κ2) is 3.96. The first kappa shape index (κ1) is 11.0. The molecular formula is C13H10N2O2S. The minimum atomic E-state index is -0.957. The Morgan fingerprint density at radius 1 is 1.33 bits per heavy atom. The third-order valence-corrected chi connectivity index (χ3v) is 3.72. The predicted octanol–water partition coefficient (Wildman–Crippen LogP) is 3.30. The lowest BCUT2D eigenvalue weighted by molar-refractivity contribution is 0.0699. The fraction of sp³-hybridized carbons (Fsp3) is 0.0769. The number of benzene rings is 1. The van der Waals surface area contributed by atoms with Gasteiger partial charge in [0, 0.05) is 4.88 Å². The smallest absolute Gasteiger partial charge is 0.337 e. The first-order valence-electron chi connectivity index (χ1n) is 5.44. The summed E-state index contributed by atoms with van der Waals surface area (Å²) in [5.74, 6) is -0.238. The maximum absolute atomic E-state index is 11.1. The Hall–Kier alpha value is -2.14. The van der Waals surface area contributed by atoms with Crippen LogP contribution in [0.1, 0.15) is 15.2 Å². The topological polar surface area (TPSA) is 66.0 Å². The summed E-state index contributed by atoms with van der Waals surface area (Å²) in [7, 11) is 0. The number of aryl methyl sites for hydroxylation is 1. The van der Waals surface area contributed by atoms with Gasteiger partial charge in [0.15, 0.2) is 0 Å². The second-order valence-electron chi connectivity index (χ2n) is 4.00. The van der Waals surface area contributed by atoms with E-state index in [-0.39, 0.29) is 5.56 Å². The normalized spacial score (nSPS) is 10.9. The van der Waals surface area contributed by atoms with Crippen LogP contribution in [0.5, 0.6) is 0 Å². The van der Waals surface area contributed by atoms with Crippen molar-refractivity contribution < 1.29 is 9.90 Å². The van der Waals surface area contributed by atoms with Crippen LogP contribution >= 0.6 is 11.3 Å². The number of carbonyl (C=O) groups is 1. The van der Waals surface area contributed by atoms with Crippen LogP contribution in [-0.4, -0.2) is 21.0 Å². The van der Waals surface area contributed by atoms with Crippen LogP contribution in [0.4, 0.5) is 0 Å². The van der Waals surface area contributed by atoms with Crippen molar-refractivity contribution in [1.29, 1.82) is 0 Å². The minimum Gasteiger partial charge on any atom is -0.478 e. The Labute approximate surface area is 107 Å². The number of aromatic carboxylic acids is 1. The van der Waals surface area contributed by atoms with E-state index in [0.717, 1.165) is 16.2 Å². The third kappa shape index (κ3) is 1.69. The Kier molecular flexibility index (Phi) is 2.41. The van der Waals surface area contributed by atoms with Gasteiger partial charge in [-0.15, -0.1) is 11.3 Å². The first-order chi connectivity index (χ1) is 8.65. The molecule has 0 atom stereocenters. The molecule has 0 fully saturated rings. The van der Waals surface area contributed by atoms with Gasteiger partial charge in [0.1, 0.15) is 11.3 Å². The lowest BCUT2D eigenvalue weighted by Crippen LogP contribution is -1.96. The highest BCUT2D eigenvalue weighted by atomic mass is 32.1. The van der Waals surface area contributed by atoms with Crippen molar-refractivity contribution >= 4 is 28.3 Å². The van der Waals surface area contributed by atoms with Crippen LogP contribution < -0.4 is 0 Å². The molecule has 2 aromatic heterocycles. The zero-order valence-electron chi connectivity index (χ0n) is 9.60. The number of carboxylic acids is 1. The molecule has 2 heterocycles. The molecule has 5 heteroatoms. The van der Waals surface area contributed by atoms with Crippen molar-refractivity contribution in [3.63, 3.8) is 0 Å². The Morgan fingerprint density at radius 2 is 2.17 bits per heavy atom. The molecule has 1 aromatic carbocycles.